The number of hydrogen-bond donors (Lipinski definition) is 2. The van der Waals surface area contributed by atoms with Gasteiger partial charge in [0.25, 0.3) is 0 Å². The normalized spacial score (nSPS) is 28.3. The van der Waals surface area contributed by atoms with Gasteiger partial charge in [0.1, 0.15) is 6.07 Å². The van der Waals surface area contributed by atoms with Crippen LogP contribution in [-0.2, 0) is 10.0 Å². The van der Waals surface area contributed by atoms with E-state index in [9.17, 15) is 8.42 Å². The largest absolute Gasteiger partial charge is 0.311 e. The van der Waals surface area contributed by atoms with Crippen molar-refractivity contribution in [2.75, 3.05) is 0 Å². The Morgan fingerprint density at radius 3 is 2.52 bits per heavy atom. The van der Waals surface area contributed by atoms with E-state index in [4.69, 9.17) is 16.9 Å². The molecule has 2 fully saturated rings. The van der Waals surface area contributed by atoms with Gasteiger partial charge in [0.05, 0.1) is 15.5 Å². The molecule has 2 aliphatic heterocycles. The Morgan fingerprint density at radius 1 is 1.29 bits per heavy atom. The lowest BCUT2D eigenvalue weighted by Crippen LogP contribution is -2.47. The van der Waals surface area contributed by atoms with E-state index < -0.39 is 10.0 Å². The molecule has 5 nitrogen and oxygen atoms in total. The van der Waals surface area contributed by atoms with Gasteiger partial charge in [-0.2, -0.15) is 5.26 Å². The molecule has 0 spiro atoms. The monoisotopic (exact) mass is 325 g/mol. The maximum atomic E-state index is 12.4. The third-order valence-electron chi connectivity index (χ3n) is 4.17. The minimum absolute atomic E-state index is 0.0387. The molecular weight excluding hydrogens is 310 g/mol. The highest BCUT2D eigenvalue weighted by Gasteiger charge is 2.35. The fourth-order valence-electron chi connectivity index (χ4n) is 3.19. The first kappa shape index (κ1) is 14.8. The summed E-state index contributed by atoms with van der Waals surface area (Å²) in [6.45, 7) is 0. The lowest BCUT2D eigenvalue weighted by molar-refractivity contribution is 0.345. The zero-order valence-electron chi connectivity index (χ0n) is 11.3. The first-order valence-corrected chi connectivity index (χ1v) is 8.82. The van der Waals surface area contributed by atoms with Crippen molar-refractivity contribution in [1.29, 1.82) is 5.26 Å². The minimum Gasteiger partial charge on any atom is -0.311 e. The molecule has 1 aromatic carbocycles. The molecule has 0 amide bonds. The summed E-state index contributed by atoms with van der Waals surface area (Å²) in [6, 6.07) is 6.90. The molecule has 0 radical (unpaired) electrons. The van der Waals surface area contributed by atoms with Gasteiger partial charge in [0, 0.05) is 18.1 Å². The summed E-state index contributed by atoms with van der Waals surface area (Å²) in [4.78, 5) is 0.109. The predicted molar refractivity (Wildman–Crippen MR) is 79.5 cm³/mol. The van der Waals surface area contributed by atoms with E-state index >= 15 is 0 Å². The Bertz CT molecular complexity index is 687. The van der Waals surface area contributed by atoms with Crippen LogP contribution in [-0.4, -0.2) is 26.5 Å². The van der Waals surface area contributed by atoms with E-state index in [1.165, 1.54) is 18.2 Å². The summed E-state index contributed by atoms with van der Waals surface area (Å²) < 4.78 is 27.6. The highest BCUT2D eigenvalue weighted by molar-refractivity contribution is 7.89. The number of benzene rings is 1. The van der Waals surface area contributed by atoms with Crippen LogP contribution in [0.15, 0.2) is 23.1 Å². The molecule has 1 aromatic rings. The lowest BCUT2D eigenvalue weighted by atomic mass is 10.0. The highest BCUT2D eigenvalue weighted by Crippen LogP contribution is 2.28. The van der Waals surface area contributed by atoms with Crippen molar-refractivity contribution in [1.82, 2.24) is 10.0 Å². The number of nitrogens with zero attached hydrogens (tertiary/aromatic N) is 1. The first-order valence-electron chi connectivity index (χ1n) is 6.96. The van der Waals surface area contributed by atoms with E-state index in [1.54, 1.807) is 0 Å². The number of nitriles is 1. The second-order valence-corrected chi connectivity index (χ2v) is 7.80. The van der Waals surface area contributed by atoms with Crippen LogP contribution in [0.5, 0.6) is 0 Å². The second kappa shape index (κ2) is 5.58. The maximum absolute atomic E-state index is 12.4. The molecule has 2 bridgehead atoms. The fraction of sp³-hybridized carbons (Fsp3) is 0.500. The topological polar surface area (TPSA) is 82.0 Å². The van der Waals surface area contributed by atoms with Gasteiger partial charge in [-0.15, -0.1) is 0 Å². The van der Waals surface area contributed by atoms with Crippen molar-refractivity contribution in [2.45, 2.75) is 48.7 Å². The molecular formula is C14H16ClN3O2S. The molecule has 2 saturated heterocycles. The van der Waals surface area contributed by atoms with E-state index in [2.05, 4.69) is 10.0 Å². The Balaban J connectivity index is 1.78. The number of nitrogens with one attached hydrogen (secondary N) is 2. The molecule has 2 atom stereocenters. The van der Waals surface area contributed by atoms with Crippen molar-refractivity contribution in [3.63, 3.8) is 0 Å². The van der Waals surface area contributed by atoms with Gasteiger partial charge in [0.15, 0.2) is 0 Å². The van der Waals surface area contributed by atoms with Gasteiger partial charge in [-0.3, -0.25) is 0 Å². The molecule has 2 N–H and O–H groups in total. The second-order valence-electron chi connectivity index (χ2n) is 5.68. The molecule has 2 heterocycles. The van der Waals surface area contributed by atoms with Crippen LogP contribution in [0.1, 0.15) is 31.2 Å². The van der Waals surface area contributed by atoms with Crippen molar-refractivity contribution < 1.29 is 8.42 Å². The maximum Gasteiger partial charge on any atom is 0.240 e. The molecule has 0 aliphatic carbocycles. The van der Waals surface area contributed by atoms with Crippen LogP contribution < -0.4 is 10.0 Å². The number of halogens is 1. The Morgan fingerprint density at radius 2 is 1.95 bits per heavy atom. The molecule has 0 aromatic heterocycles. The standard InChI is InChI=1S/C14H16ClN3O2S/c15-14-7-13(4-1-9(14)8-16)21(19,20)18-12-5-10-2-3-11(6-12)17-10/h1,4,7,10-12,17-18H,2-3,5-6H2. The van der Waals surface area contributed by atoms with Crippen molar-refractivity contribution in [2.24, 2.45) is 0 Å². The van der Waals surface area contributed by atoms with Crippen molar-refractivity contribution in [3.8, 4) is 6.07 Å². The third kappa shape index (κ3) is 3.06. The van der Waals surface area contributed by atoms with Crippen LogP contribution in [0.4, 0.5) is 0 Å². The Kier molecular flexibility index (Phi) is 3.93. The smallest absolute Gasteiger partial charge is 0.240 e. The number of piperidine rings is 1. The van der Waals surface area contributed by atoms with Crippen molar-refractivity contribution in [3.05, 3.63) is 28.8 Å². The average Bonchev–Trinajstić information content (AvgIpc) is 2.77. The van der Waals surface area contributed by atoms with Crippen LogP contribution in [0.25, 0.3) is 0 Å². The van der Waals surface area contributed by atoms with Gasteiger partial charge in [0.2, 0.25) is 10.0 Å². The summed E-state index contributed by atoms with van der Waals surface area (Å²) in [5, 5.41) is 12.5. The van der Waals surface area contributed by atoms with Gasteiger partial charge in [-0.25, -0.2) is 13.1 Å². The quantitative estimate of drug-likeness (QED) is 0.887. The molecule has 112 valence electrons. The summed E-state index contributed by atoms with van der Waals surface area (Å²) >= 11 is 5.91. The number of fused-ring (bicyclic) bond motifs is 2. The van der Waals surface area contributed by atoms with E-state index in [0.717, 1.165) is 25.7 Å². The van der Waals surface area contributed by atoms with Gasteiger partial charge >= 0.3 is 0 Å². The van der Waals surface area contributed by atoms with Crippen LogP contribution in [0, 0.1) is 11.3 Å². The summed E-state index contributed by atoms with van der Waals surface area (Å²) in [5.41, 5.74) is 0.274. The third-order valence-corrected chi connectivity index (χ3v) is 6.00. The van der Waals surface area contributed by atoms with Crippen LogP contribution in [0.3, 0.4) is 0 Å². The number of sulfonamides is 1. The first-order chi connectivity index (χ1) is 9.98. The van der Waals surface area contributed by atoms with Crippen molar-refractivity contribution >= 4 is 21.6 Å². The van der Waals surface area contributed by atoms with Crippen LogP contribution in [0.2, 0.25) is 5.02 Å². The number of rotatable bonds is 3. The van der Waals surface area contributed by atoms with E-state index in [1.807, 2.05) is 6.07 Å². The summed E-state index contributed by atoms with van der Waals surface area (Å²) in [7, 11) is -3.60. The zero-order chi connectivity index (χ0) is 15.0. The summed E-state index contributed by atoms with van der Waals surface area (Å²) in [6.07, 6.45) is 3.87. The molecule has 0 saturated carbocycles. The average molecular weight is 326 g/mol. The van der Waals surface area contributed by atoms with Gasteiger partial charge < -0.3 is 5.32 Å². The lowest BCUT2D eigenvalue weighted by Gasteiger charge is -2.29. The van der Waals surface area contributed by atoms with Gasteiger partial charge in [-0.1, -0.05) is 11.6 Å². The molecule has 3 rings (SSSR count). The fourth-order valence-corrected chi connectivity index (χ4v) is 4.77. The van der Waals surface area contributed by atoms with E-state index in [-0.39, 0.29) is 21.5 Å². The van der Waals surface area contributed by atoms with E-state index in [0.29, 0.717) is 12.1 Å². The number of hydrogen-bond acceptors (Lipinski definition) is 4. The minimum atomic E-state index is -3.60. The highest BCUT2D eigenvalue weighted by atomic mass is 35.5. The van der Waals surface area contributed by atoms with Crippen LogP contribution >= 0.6 is 11.6 Å². The van der Waals surface area contributed by atoms with Gasteiger partial charge in [-0.05, 0) is 43.9 Å². The predicted octanol–water partition coefficient (Wildman–Crippen LogP) is 1.77. The molecule has 2 unspecified atom stereocenters. The summed E-state index contributed by atoms with van der Waals surface area (Å²) in [5.74, 6) is 0. The zero-order valence-corrected chi connectivity index (χ0v) is 12.9. The Labute approximate surface area is 129 Å². The molecule has 2 aliphatic rings. The SMILES string of the molecule is N#Cc1ccc(S(=O)(=O)NC2CC3CCC(C2)N3)cc1Cl. The Hall–Kier alpha value is -1.13. The molecule has 21 heavy (non-hydrogen) atoms. The molecule has 7 heteroatoms.